The Balaban J connectivity index is 1.03. The molecule has 1 aromatic rings. The van der Waals surface area contributed by atoms with E-state index in [0.717, 1.165) is 19.3 Å². The van der Waals surface area contributed by atoms with Gasteiger partial charge < -0.3 is 24.6 Å². The van der Waals surface area contributed by atoms with Crippen molar-refractivity contribution in [3.63, 3.8) is 0 Å². The maximum atomic E-state index is 13.0. The fraction of sp³-hybridized carbons (Fsp3) is 0.692. The average Bonchev–Trinajstić information content (AvgIpc) is 3.34. The predicted octanol–water partition coefficient (Wildman–Crippen LogP) is 4.19. The number of alkyl halides is 2. The molecule has 3 fully saturated rings. The first-order valence-electron chi connectivity index (χ1n) is 12.7. The van der Waals surface area contributed by atoms with Gasteiger partial charge in [0.05, 0.1) is 18.3 Å². The minimum absolute atomic E-state index is 0.00445. The topological polar surface area (TPSA) is 94.1 Å². The summed E-state index contributed by atoms with van der Waals surface area (Å²) < 4.78 is 41.7. The maximum absolute atomic E-state index is 13.0. The van der Waals surface area contributed by atoms with Crippen LogP contribution in [0.3, 0.4) is 0 Å². The Bertz CT molecular complexity index is 997. The van der Waals surface area contributed by atoms with Crippen LogP contribution in [-0.2, 0) is 19.1 Å². The lowest BCUT2D eigenvalue weighted by atomic mass is 9.81. The Morgan fingerprint density at radius 1 is 1.14 bits per heavy atom. The fourth-order valence-corrected chi connectivity index (χ4v) is 6.49. The van der Waals surface area contributed by atoms with Gasteiger partial charge in [-0.1, -0.05) is 11.6 Å². The van der Waals surface area contributed by atoms with Crippen LogP contribution >= 0.6 is 11.6 Å². The molecular formula is C26H32ClF2NO6. The first-order valence-corrected chi connectivity index (χ1v) is 13.1. The molecule has 2 bridgehead atoms. The first kappa shape index (κ1) is 25.8. The number of Topliss-reactive ketones (excluding diaryl/α,β-unsaturated/α-hetero) is 1. The Morgan fingerprint density at radius 3 is 2.61 bits per heavy atom. The highest BCUT2D eigenvalue weighted by Crippen LogP contribution is 2.50. The minimum Gasteiger partial charge on any atom is -0.482 e. The number of aliphatic hydroxyl groups excluding tert-OH is 1. The van der Waals surface area contributed by atoms with E-state index in [2.05, 4.69) is 10.1 Å². The molecule has 0 spiro atoms. The lowest BCUT2D eigenvalue weighted by Crippen LogP contribution is -2.45. The Morgan fingerprint density at radius 2 is 1.92 bits per heavy atom. The minimum atomic E-state index is -3.15. The third-order valence-electron chi connectivity index (χ3n) is 8.08. The molecule has 36 heavy (non-hydrogen) atoms. The second-order valence-corrected chi connectivity index (χ2v) is 11.3. The van der Waals surface area contributed by atoms with E-state index in [-0.39, 0.29) is 42.8 Å². The van der Waals surface area contributed by atoms with Crippen molar-refractivity contribution in [2.75, 3.05) is 6.61 Å². The number of rotatable bonds is 9. The van der Waals surface area contributed by atoms with Crippen molar-refractivity contribution in [1.82, 2.24) is 5.32 Å². The number of aliphatic hydroxyl groups is 1. The molecule has 1 aromatic carbocycles. The average molecular weight is 528 g/mol. The van der Waals surface area contributed by atoms with Crippen LogP contribution in [0.15, 0.2) is 18.2 Å². The normalized spacial score (nSPS) is 35.0. The summed E-state index contributed by atoms with van der Waals surface area (Å²) in [5.41, 5.74) is 0.613. The van der Waals surface area contributed by atoms with Crippen molar-refractivity contribution >= 4 is 23.3 Å². The summed E-state index contributed by atoms with van der Waals surface area (Å²) in [6, 6.07) is 5.11. The molecule has 1 heterocycles. The van der Waals surface area contributed by atoms with Gasteiger partial charge in [0, 0.05) is 49.2 Å². The standard InChI is InChI=1S/C26H32ClF2NO6/c1-26(28,29)36-18-9-17(10-18)34-12-25(33)30-20-6-13-4-15(20)5-14(13)7-22(32)24-11-21(31)19-8-16(27)2-3-23(19)35-24/h2-3,8,13-15,17-18,20-21,24,31H,4-7,9-12H2,1H3,(H,30,33)/t13-,14-,15-,17?,18?,20+,21+,24+/m0/s1. The van der Waals surface area contributed by atoms with Gasteiger partial charge in [-0.25, -0.2) is 0 Å². The summed E-state index contributed by atoms with van der Waals surface area (Å²) in [4.78, 5) is 25.4. The SMILES string of the molecule is CC(F)(F)OC1CC(OCC(=O)N[C@@H]2C[C@@H]3C[C@H]2C[C@H]3CC(=O)[C@H]2C[C@@H](O)c3cc(Cl)ccc3O2)C1. The van der Waals surface area contributed by atoms with Crippen molar-refractivity contribution in [2.45, 2.75) is 88.4 Å². The zero-order valence-electron chi connectivity index (χ0n) is 20.1. The van der Waals surface area contributed by atoms with E-state index < -0.39 is 24.4 Å². The van der Waals surface area contributed by atoms with E-state index in [1.807, 2.05) is 0 Å². The first-order chi connectivity index (χ1) is 17.0. The summed E-state index contributed by atoms with van der Waals surface area (Å²) in [6.45, 7) is 0.623. The smallest absolute Gasteiger partial charge is 0.353 e. The number of carbonyl (C=O) groups is 2. The van der Waals surface area contributed by atoms with Gasteiger partial charge in [-0.2, -0.15) is 8.78 Å². The molecule has 0 unspecified atom stereocenters. The van der Waals surface area contributed by atoms with Gasteiger partial charge >= 0.3 is 6.11 Å². The van der Waals surface area contributed by atoms with Gasteiger partial charge in [0.2, 0.25) is 5.91 Å². The van der Waals surface area contributed by atoms with Crippen molar-refractivity contribution in [2.24, 2.45) is 17.8 Å². The quantitative estimate of drug-likeness (QED) is 0.500. The van der Waals surface area contributed by atoms with Gasteiger partial charge in [-0.3, -0.25) is 9.59 Å². The molecule has 1 aliphatic heterocycles. The van der Waals surface area contributed by atoms with Gasteiger partial charge in [0.25, 0.3) is 0 Å². The van der Waals surface area contributed by atoms with E-state index in [1.165, 1.54) is 0 Å². The predicted molar refractivity (Wildman–Crippen MR) is 126 cm³/mol. The number of ketones is 1. The lowest BCUT2D eigenvalue weighted by molar-refractivity contribution is -0.275. The number of amides is 1. The number of nitrogens with one attached hydrogen (secondary N) is 1. The van der Waals surface area contributed by atoms with E-state index in [1.54, 1.807) is 18.2 Å². The summed E-state index contributed by atoms with van der Waals surface area (Å²) in [5, 5.41) is 14.0. The Labute approximate surface area is 213 Å². The summed E-state index contributed by atoms with van der Waals surface area (Å²) in [5.74, 6) is 1.25. The molecule has 3 saturated carbocycles. The largest absolute Gasteiger partial charge is 0.482 e. The highest BCUT2D eigenvalue weighted by molar-refractivity contribution is 6.30. The molecular weight excluding hydrogens is 496 g/mol. The van der Waals surface area contributed by atoms with Crippen molar-refractivity contribution in [3.8, 4) is 5.75 Å². The van der Waals surface area contributed by atoms with E-state index in [9.17, 15) is 23.5 Å². The lowest BCUT2D eigenvalue weighted by Gasteiger charge is -2.36. The number of hydrogen-bond donors (Lipinski definition) is 2. The third kappa shape index (κ3) is 5.85. The summed E-state index contributed by atoms with van der Waals surface area (Å²) in [6.07, 6.45) is -1.33. The van der Waals surface area contributed by atoms with Crippen molar-refractivity contribution < 1.29 is 37.7 Å². The van der Waals surface area contributed by atoms with Crippen LogP contribution in [-0.4, -0.2) is 53.9 Å². The highest BCUT2D eigenvalue weighted by Gasteiger charge is 2.47. The van der Waals surface area contributed by atoms with E-state index >= 15 is 0 Å². The zero-order chi connectivity index (χ0) is 25.6. The molecule has 1 amide bonds. The second-order valence-electron chi connectivity index (χ2n) is 10.8. The number of carbonyl (C=O) groups excluding carboxylic acids is 2. The van der Waals surface area contributed by atoms with E-state index in [4.69, 9.17) is 21.1 Å². The van der Waals surface area contributed by atoms with Crippen LogP contribution in [0.4, 0.5) is 8.78 Å². The Kier molecular flexibility index (Phi) is 7.29. The molecule has 2 N–H and O–H groups in total. The molecule has 5 rings (SSSR count). The van der Waals surface area contributed by atoms with Crippen LogP contribution in [0.1, 0.15) is 63.5 Å². The number of fused-ring (bicyclic) bond motifs is 3. The molecule has 4 aliphatic rings. The molecule has 0 radical (unpaired) electrons. The molecule has 7 nitrogen and oxygen atoms in total. The maximum Gasteiger partial charge on any atom is 0.353 e. The molecule has 3 aliphatic carbocycles. The zero-order valence-corrected chi connectivity index (χ0v) is 20.9. The number of halogens is 3. The summed E-state index contributed by atoms with van der Waals surface area (Å²) >= 11 is 6.00. The molecule has 198 valence electrons. The van der Waals surface area contributed by atoms with Gasteiger partial charge in [0.15, 0.2) is 11.9 Å². The highest BCUT2D eigenvalue weighted by atomic mass is 35.5. The van der Waals surface area contributed by atoms with Gasteiger partial charge in [0.1, 0.15) is 12.4 Å². The van der Waals surface area contributed by atoms with Crippen LogP contribution in [0.5, 0.6) is 5.75 Å². The molecule has 10 heteroatoms. The van der Waals surface area contributed by atoms with Crippen molar-refractivity contribution in [1.29, 1.82) is 0 Å². The molecule has 0 aromatic heterocycles. The van der Waals surface area contributed by atoms with Gasteiger partial charge in [-0.15, -0.1) is 0 Å². The molecule has 6 atom stereocenters. The summed E-state index contributed by atoms with van der Waals surface area (Å²) in [7, 11) is 0. The van der Waals surface area contributed by atoms with Crippen molar-refractivity contribution in [3.05, 3.63) is 28.8 Å². The number of benzene rings is 1. The van der Waals surface area contributed by atoms with Crippen LogP contribution < -0.4 is 10.1 Å². The second kappa shape index (κ2) is 10.2. The van der Waals surface area contributed by atoms with Crippen LogP contribution in [0.2, 0.25) is 5.02 Å². The fourth-order valence-electron chi connectivity index (χ4n) is 6.31. The Hall–Kier alpha value is -1.81. The third-order valence-corrected chi connectivity index (χ3v) is 8.32. The number of hydrogen-bond acceptors (Lipinski definition) is 6. The van der Waals surface area contributed by atoms with Crippen LogP contribution in [0.25, 0.3) is 0 Å². The van der Waals surface area contributed by atoms with Crippen LogP contribution in [0, 0.1) is 17.8 Å². The van der Waals surface area contributed by atoms with Gasteiger partial charge in [-0.05, 0) is 55.2 Å². The monoisotopic (exact) mass is 527 g/mol. The number of ether oxygens (including phenoxy) is 3. The molecule has 0 saturated heterocycles. The van der Waals surface area contributed by atoms with E-state index in [0.29, 0.717) is 54.4 Å².